The first-order valence-electron chi connectivity index (χ1n) is 4.23. The Hall–Kier alpha value is -1.76. The topological polar surface area (TPSA) is 78.1 Å². The van der Waals surface area contributed by atoms with Gasteiger partial charge in [-0.1, -0.05) is 0 Å². The average molecular weight is 225 g/mol. The van der Waals surface area contributed by atoms with Gasteiger partial charge in [0, 0.05) is 5.38 Å². The standard InChI is InChI=1S/C8H7N3O3S/c1-2-13-8(12)6-9-7(14-10-6)5-3-4-15-11-5/h3-4H,2H2,1H3. The van der Waals surface area contributed by atoms with E-state index in [1.165, 1.54) is 11.5 Å². The van der Waals surface area contributed by atoms with Crippen LogP contribution in [-0.2, 0) is 4.74 Å². The lowest BCUT2D eigenvalue weighted by atomic mass is 10.4. The molecule has 2 aromatic heterocycles. The molecular formula is C8H7N3O3S. The molecular weight excluding hydrogens is 218 g/mol. The van der Waals surface area contributed by atoms with Crippen molar-refractivity contribution < 1.29 is 14.1 Å². The Balaban J connectivity index is 2.21. The molecule has 2 rings (SSSR count). The van der Waals surface area contributed by atoms with Crippen LogP contribution in [0.25, 0.3) is 11.6 Å². The molecule has 0 aromatic carbocycles. The highest BCUT2D eigenvalue weighted by molar-refractivity contribution is 7.03. The summed E-state index contributed by atoms with van der Waals surface area (Å²) < 4.78 is 13.6. The Morgan fingerprint density at radius 1 is 1.67 bits per heavy atom. The molecule has 78 valence electrons. The number of hydrogen-bond acceptors (Lipinski definition) is 7. The van der Waals surface area contributed by atoms with Gasteiger partial charge in [0.1, 0.15) is 5.69 Å². The van der Waals surface area contributed by atoms with Gasteiger partial charge in [-0.05, 0) is 29.7 Å². The second-order valence-electron chi connectivity index (χ2n) is 2.53. The summed E-state index contributed by atoms with van der Waals surface area (Å²) in [6, 6.07) is 1.73. The van der Waals surface area contributed by atoms with Crippen molar-refractivity contribution in [2.75, 3.05) is 6.61 Å². The summed E-state index contributed by atoms with van der Waals surface area (Å²) in [5.41, 5.74) is 0.558. The maximum atomic E-state index is 11.2. The molecule has 0 atom stereocenters. The Kier molecular flexibility index (Phi) is 2.72. The highest BCUT2D eigenvalue weighted by atomic mass is 32.1. The van der Waals surface area contributed by atoms with Gasteiger partial charge in [0.2, 0.25) is 0 Å². The molecule has 2 aromatic rings. The summed E-state index contributed by atoms with van der Waals surface area (Å²) in [6.07, 6.45) is 0. The van der Waals surface area contributed by atoms with E-state index >= 15 is 0 Å². The molecule has 6 nitrogen and oxygen atoms in total. The van der Waals surface area contributed by atoms with Crippen LogP contribution in [0.2, 0.25) is 0 Å². The molecule has 0 aliphatic rings. The van der Waals surface area contributed by atoms with Crippen LogP contribution in [0.15, 0.2) is 16.0 Å². The quantitative estimate of drug-likeness (QED) is 0.734. The minimum absolute atomic E-state index is 0.0835. The van der Waals surface area contributed by atoms with Gasteiger partial charge in [-0.3, -0.25) is 0 Å². The molecule has 15 heavy (non-hydrogen) atoms. The van der Waals surface area contributed by atoms with Gasteiger partial charge in [0.15, 0.2) is 0 Å². The maximum absolute atomic E-state index is 11.2. The zero-order valence-corrected chi connectivity index (χ0v) is 8.65. The summed E-state index contributed by atoms with van der Waals surface area (Å²) in [7, 11) is 0. The van der Waals surface area contributed by atoms with Crippen molar-refractivity contribution in [3.05, 3.63) is 17.3 Å². The highest BCUT2D eigenvalue weighted by Gasteiger charge is 2.17. The van der Waals surface area contributed by atoms with Crippen LogP contribution in [0.1, 0.15) is 17.5 Å². The minimum Gasteiger partial charge on any atom is -0.460 e. The van der Waals surface area contributed by atoms with Gasteiger partial charge in [-0.2, -0.15) is 9.36 Å². The summed E-state index contributed by atoms with van der Waals surface area (Å²) >= 11 is 1.27. The van der Waals surface area contributed by atoms with Crippen LogP contribution in [0, 0.1) is 0 Å². The lowest BCUT2D eigenvalue weighted by molar-refractivity contribution is 0.0508. The lowest BCUT2D eigenvalue weighted by Gasteiger charge is -1.93. The molecule has 0 amide bonds. The van der Waals surface area contributed by atoms with Crippen LogP contribution in [0.4, 0.5) is 0 Å². The fourth-order valence-corrected chi connectivity index (χ4v) is 1.43. The smallest absolute Gasteiger partial charge is 0.379 e. The predicted molar refractivity (Wildman–Crippen MR) is 51.4 cm³/mol. The molecule has 0 spiro atoms. The molecule has 7 heteroatoms. The van der Waals surface area contributed by atoms with Crippen LogP contribution in [-0.4, -0.2) is 27.1 Å². The molecule has 0 bridgehead atoms. The SMILES string of the molecule is CCOC(=O)c1noc(-c2ccsn2)n1. The van der Waals surface area contributed by atoms with Gasteiger partial charge in [-0.25, -0.2) is 4.79 Å². The van der Waals surface area contributed by atoms with Crippen molar-refractivity contribution in [2.24, 2.45) is 0 Å². The van der Waals surface area contributed by atoms with Crippen molar-refractivity contribution in [1.29, 1.82) is 0 Å². The van der Waals surface area contributed by atoms with E-state index < -0.39 is 5.97 Å². The number of hydrogen-bond donors (Lipinski definition) is 0. The van der Waals surface area contributed by atoms with Gasteiger partial charge >= 0.3 is 5.97 Å². The van der Waals surface area contributed by atoms with Crippen LogP contribution in [0.5, 0.6) is 0 Å². The number of rotatable bonds is 3. The second kappa shape index (κ2) is 4.18. The largest absolute Gasteiger partial charge is 0.460 e. The fraction of sp³-hybridized carbons (Fsp3) is 0.250. The summed E-state index contributed by atoms with van der Waals surface area (Å²) in [5.74, 6) is -0.457. The zero-order chi connectivity index (χ0) is 10.7. The van der Waals surface area contributed by atoms with E-state index in [9.17, 15) is 4.79 Å². The zero-order valence-electron chi connectivity index (χ0n) is 7.84. The van der Waals surface area contributed by atoms with E-state index in [0.717, 1.165) is 0 Å². The number of esters is 1. The lowest BCUT2D eigenvalue weighted by Crippen LogP contribution is -2.06. The summed E-state index contributed by atoms with van der Waals surface area (Å²) in [4.78, 5) is 15.1. The first kappa shape index (κ1) is 9.78. The van der Waals surface area contributed by atoms with E-state index in [1.807, 2.05) is 0 Å². The van der Waals surface area contributed by atoms with Crippen molar-refractivity contribution in [1.82, 2.24) is 14.5 Å². The molecule has 0 unspecified atom stereocenters. The number of carbonyl (C=O) groups excluding carboxylic acids is 1. The minimum atomic E-state index is -0.595. The summed E-state index contributed by atoms with van der Waals surface area (Å²) in [6.45, 7) is 1.98. The average Bonchev–Trinajstić information content (AvgIpc) is 2.89. The number of aromatic nitrogens is 3. The third-order valence-corrected chi connectivity index (χ3v) is 2.10. The van der Waals surface area contributed by atoms with Gasteiger partial charge in [-0.15, -0.1) is 0 Å². The maximum Gasteiger partial charge on any atom is 0.379 e. The van der Waals surface area contributed by atoms with Gasteiger partial charge in [0.05, 0.1) is 6.61 Å². The summed E-state index contributed by atoms with van der Waals surface area (Å²) in [5, 5.41) is 5.28. The number of ether oxygens (including phenoxy) is 1. The first-order chi connectivity index (χ1) is 7.31. The molecule has 0 fully saturated rings. The second-order valence-corrected chi connectivity index (χ2v) is 3.19. The van der Waals surface area contributed by atoms with Crippen molar-refractivity contribution in [3.8, 4) is 11.6 Å². The molecule has 0 N–H and O–H groups in total. The van der Waals surface area contributed by atoms with Crippen LogP contribution < -0.4 is 0 Å². The highest BCUT2D eigenvalue weighted by Crippen LogP contribution is 2.15. The first-order valence-corrected chi connectivity index (χ1v) is 5.06. The van der Waals surface area contributed by atoms with E-state index in [-0.39, 0.29) is 18.3 Å². The van der Waals surface area contributed by atoms with E-state index in [1.54, 1.807) is 18.4 Å². The number of nitrogens with zero attached hydrogens (tertiary/aromatic N) is 3. The van der Waals surface area contributed by atoms with E-state index in [4.69, 9.17) is 9.26 Å². The number of carbonyl (C=O) groups is 1. The molecule has 0 saturated carbocycles. The molecule has 0 aliphatic heterocycles. The monoisotopic (exact) mass is 225 g/mol. The van der Waals surface area contributed by atoms with Crippen molar-refractivity contribution >= 4 is 17.5 Å². The van der Waals surface area contributed by atoms with Crippen LogP contribution in [0.3, 0.4) is 0 Å². The van der Waals surface area contributed by atoms with E-state index in [0.29, 0.717) is 5.69 Å². The Morgan fingerprint density at radius 3 is 3.20 bits per heavy atom. The normalized spacial score (nSPS) is 10.2. The third kappa shape index (κ3) is 2.01. The van der Waals surface area contributed by atoms with Crippen molar-refractivity contribution in [2.45, 2.75) is 6.92 Å². The Bertz CT molecular complexity index is 451. The van der Waals surface area contributed by atoms with Gasteiger partial charge in [0.25, 0.3) is 11.7 Å². The van der Waals surface area contributed by atoms with E-state index in [2.05, 4.69) is 14.5 Å². The Labute approximate surface area is 89.0 Å². The molecule has 2 heterocycles. The third-order valence-electron chi connectivity index (χ3n) is 1.54. The molecule has 0 radical (unpaired) electrons. The Morgan fingerprint density at radius 2 is 2.53 bits per heavy atom. The van der Waals surface area contributed by atoms with Crippen molar-refractivity contribution in [3.63, 3.8) is 0 Å². The fourth-order valence-electron chi connectivity index (χ4n) is 0.929. The van der Waals surface area contributed by atoms with Gasteiger partial charge < -0.3 is 9.26 Å². The molecule has 0 aliphatic carbocycles. The predicted octanol–water partition coefficient (Wildman–Crippen LogP) is 1.37. The van der Waals surface area contributed by atoms with Crippen LogP contribution >= 0.6 is 11.5 Å². The molecule has 0 saturated heterocycles.